The van der Waals surface area contributed by atoms with Gasteiger partial charge in [0.1, 0.15) is 23.4 Å². The lowest BCUT2D eigenvalue weighted by atomic mass is 9.66. The maximum atomic E-state index is 15.2. The smallest absolute Gasteiger partial charge is 0.166 e. The number of aliphatic hydroxyl groups is 2. The van der Waals surface area contributed by atoms with E-state index in [2.05, 4.69) is 207 Å². The van der Waals surface area contributed by atoms with E-state index < -0.39 is 29.2 Å². The summed E-state index contributed by atoms with van der Waals surface area (Å²) < 4.78 is 15.2. The first-order valence-electron chi connectivity index (χ1n) is 24.0. The molecule has 0 aromatic heterocycles. The summed E-state index contributed by atoms with van der Waals surface area (Å²) in [6.07, 6.45) is 7.33. The minimum atomic E-state index is -1.94. The Morgan fingerprint density at radius 3 is 1.32 bits per heavy atom. The molecule has 10 aromatic carbocycles. The molecule has 0 saturated carbocycles. The van der Waals surface area contributed by atoms with Crippen LogP contribution in [0.15, 0.2) is 212 Å². The van der Waals surface area contributed by atoms with Gasteiger partial charge < -0.3 is 19.7 Å². The van der Waals surface area contributed by atoms with Gasteiger partial charge in [-0.1, -0.05) is 201 Å². The van der Waals surface area contributed by atoms with E-state index in [9.17, 15) is 0 Å². The molecule has 0 spiro atoms. The quantitative estimate of drug-likeness (QED) is 0.157. The summed E-state index contributed by atoms with van der Waals surface area (Å²) in [5, 5.41) is 44.5. The number of benzene rings is 10. The van der Waals surface area contributed by atoms with E-state index in [0.29, 0.717) is 29.5 Å². The van der Waals surface area contributed by atoms with Crippen molar-refractivity contribution < 1.29 is 19.7 Å². The molecular formula is C64H50O4. The summed E-state index contributed by atoms with van der Waals surface area (Å²) >= 11 is 0. The highest BCUT2D eigenvalue weighted by atomic mass is 16.8. The van der Waals surface area contributed by atoms with Crippen LogP contribution >= 0.6 is 0 Å². The molecule has 10 aromatic rings. The van der Waals surface area contributed by atoms with Crippen molar-refractivity contribution in [1.29, 1.82) is 0 Å². The Kier molecular flexibility index (Phi) is 9.31. The molecule has 3 aliphatic rings. The molecule has 5 unspecified atom stereocenters. The molecule has 1 saturated heterocycles. The highest BCUT2D eigenvalue weighted by Gasteiger charge is 2.63. The summed E-state index contributed by atoms with van der Waals surface area (Å²) in [4.78, 5) is 0. The van der Waals surface area contributed by atoms with Gasteiger partial charge in [0, 0.05) is 5.92 Å². The van der Waals surface area contributed by atoms with E-state index >= 15 is 10.2 Å². The highest BCUT2D eigenvalue weighted by Crippen LogP contribution is 2.56. The average Bonchev–Trinajstić information content (AvgIpc) is 3.78. The van der Waals surface area contributed by atoms with Crippen molar-refractivity contribution in [2.45, 2.75) is 55.9 Å². The van der Waals surface area contributed by atoms with Crippen molar-refractivity contribution in [3.8, 4) is 0 Å². The van der Waals surface area contributed by atoms with Crippen LogP contribution in [-0.4, -0.2) is 28.2 Å². The summed E-state index contributed by atoms with van der Waals surface area (Å²) in [5.74, 6) is -1.22. The molecule has 4 heteroatoms. The van der Waals surface area contributed by atoms with Crippen LogP contribution in [0.1, 0.15) is 43.4 Å². The van der Waals surface area contributed by atoms with Crippen LogP contribution < -0.4 is 10.4 Å². The lowest BCUT2D eigenvalue weighted by molar-refractivity contribution is -0.185. The minimum absolute atomic E-state index is 0.00535. The Morgan fingerprint density at radius 1 is 0.471 bits per heavy atom. The summed E-state index contributed by atoms with van der Waals surface area (Å²) in [6.45, 7) is 4.03. The maximum Gasteiger partial charge on any atom is 0.166 e. The standard InChI is InChI=1S/C64H50O4/c1-3-62(2)67-60(63(65,56-36-40-20-4-8-24-44(40)48-28-12-16-32-52(48)56)57-37-41-21-5-9-25-45(41)49-29-13-17-33-53(49)57)61(68-62)64(66,58-38-42-22-6-10-26-46(42)50-30-14-18-34-54(50)58)59-39-43-23-7-11-27-47(43)51-31-15-19-35-55(51)59/h4-38,43,60-61,65-66H,3,39H2,1-2H3. The molecule has 1 fully saturated rings. The summed E-state index contributed by atoms with van der Waals surface area (Å²) in [6, 6.07) is 65.3. The predicted octanol–water partition coefficient (Wildman–Crippen LogP) is 12.8. The highest BCUT2D eigenvalue weighted by molar-refractivity contribution is 6.13. The fourth-order valence-corrected chi connectivity index (χ4v) is 12.3. The molecule has 330 valence electrons. The van der Waals surface area contributed by atoms with Crippen LogP contribution in [0, 0.1) is 5.92 Å². The van der Waals surface area contributed by atoms with Crippen LogP contribution in [0.25, 0.3) is 75.8 Å². The first-order chi connectivity index (χ1) is 33.3. The van der Waals surface area contributed by atoms with Crippen molar-refractivity contribution >= 4 is 75.8 Å². The Labute approximate surface area is 395 Å². The SMILES string of the molecule is CCC1(C)OC(C(O)(C2=c3ccccc3=C3C=CC=CC3C2)c2cc3ccccc3c3ccccc23)C(C(O)(c2cc3ccccc3c3ccccc23)c2cc3ccccc3c3ccccc23)O1. The summed E-state index contributed by atoms with van der Waals surface area (Å²) in [7, 11) is 0. The predicted molar refractivity (Wildman–Crippen MR) is 279 cm³/mol. The first-order valence-corrected chi connectivity index (χ1v) is 24.0. The monoisotopic (exact) mass is 882 g/mol. The van der Waals surface area contributed by atoms with Crippen LogP contribution in [0.4, 0.5) is 0 Å². The van der Waals surface area contributed by atoms with Gasteiger partial charge in [0.2, 0.25) is 0 Å². The first kappa shape index (κ1) is 41.0. The Balaban J connectivity index is 1.21. The van der Waals surface area contributed by atoms with Crippen molar-refractivity contribution in [3.05, 3.63) is 239 Å². The van der Waals surface area contributed by atoms with Gasteiger partial charge in [-0.2, -0.15) is 0 Å². The van der Waals surface area contributed by atoms with E-state index in [-0.39, 0.29) is 5.92 Å². The third-order valence-electron chi connectivity index (χ3n) is 15.6. The molecule has 2 N–H and O–H groups in total. The fourth-order valence-electron chi connectivity index (χ4n) is 12.3. The molecule has 2 aliphatic carbocycles. The molecule has 1 aliphatic heterocycles. The minimum Gasteiger partial charge on any atom is -0.378 e. The van der Waals surface area contributed by atoms with E-state index in [1.165, 1.54) is 5.57 Å². The van der Waals surface area contributed by atoms with E-state index in [1.807, 2.05) is 19.1 Å². The number of allylic oxidation sites excluding steroid dienone is 4. The molecule has 4 nitrogen and oxygen atoms in total. The van der Waals surface area contributed by atoms with Gasteiger partial charge in [-0.3, -0.25) is 0 Å². The van der Waals surface area contributed by atoms with Gasteiger partial charge in [-0.15, -0.1) is 0 Å². The number of rotatable bonds is 7. The van der Waals surface area contributed by atoms with E-state index in [1.54, 1.807) is 0 Å². The maximum absolute atomic E-state index is 15.2. The zero-order valence-corrected chi connectivity index (χ0v) is 38.1. The Hall–Kier alpha value is -7.18. The third-order valence-corrected chi connectivity index (χ3v) is 15.6. The van der Waals surface area contributed by atoms with Crippen molar-refractivity contribution in [3.63, 3.8) is 0 Å². The van der Waals surface area contributed by atoms with Crippen LogP contribution in [0.3, 0.4) is 0 Å². The Bertz CT molecular complexity index is 3800. The number of fused-ring (bicyclic) bond motifs is 11. The molecule has 68 heavy (non-hydrogen) atoms. The fraction of sp³-hybridized carbons (Fsp3) is 0.156. The van der Waals surface area contributed by atoms with Gasteiger partial charge in [0.15, 0.2) is 5.79 Å². The molecule has 1 heterocycles. The molecule has 0 bridgehead atoms. The second-order valence-corrected chi connectivity index (χ2v) is 19.2. The summed E-state index contributed by atoms with van der Waals surface area (Å²) in [5.41, 5.74) is 0.302. The molecule has 5 atom stereocenters. The lowest BCUT2D eigenvalue weighted by Crippen LogP contribution is -2.57. The van der Waals surface area contributed by atoms with Crippen LogP contribution in [-0.2, 0) is 20.7 Å². The van der Waals surface area contributed by atoms with E-state index in [4.69, 9.17) is 9.47 Å². The van der Waals surface area contributed by atoms with Gasteiger partial charge in [0.25, 0.3) is 0 Å². The zero-order chi connectivity index (χ0) is 45.8. The van der Waals surface area contributed by atoms with Gasteiger partial charge >= 0.3 is 0 Å². The molecule has 0 radical (unpaired) electrons. The topological polar surface area (TPSA) is 58.9 Å². The zero-order valence-electron chi connectivity index (χ0n) is 38.1. The number of ether oxygens (including phenoxy) is 2. The van der Waals surface area contributed by atoms with Gasteiger partial charge in [-0.25, -0.2) is 0 Å². The van der Waals surface area contributed by atoms with Crippen LogP contribution in [0.2, 0.25) is 0 Å². The van der Waals surface area contributed by atoms with Crippen molar-refractivity contribution in [2.75, 3.05) is 0 Å². The number of hydrogen-bond donors (Lipinski definition) is 2. The number of hydrogen-bond acceptors (Lipinski definition) is 4. The Morgan fingerprint density at radius 2 is 0.853 bits per heavy atom. The third kappa shape index (κ3) is 5.95. The normalized spacial score (nSPS) is 21.3. The van der Waals surface area contributed by atoms with Crippen molar-refractivity contribution in [2.24, 2.45) is 5.92 Å². The van der Waals surface area contributed by atoms with Gasteiger partial charge in [-0.05, 0) is 141 Å². The average molecular weight is 883 g/mol. The second kappa shape index (κ2) is 15.4. The van der Waals surface area contributed by atoms with Gasteiger partial charge in [0.05, 0.1) is 0 Å². The van der Waals surface area contributed by atoms with Crippen molar-refractivity contribution in [1.82, 2.24) is 0 Å². The molecule has 0 amide bonds. The van der Waals surface area contributed by atoms with E-state index in [0.717, 1.165) is 80.6 Å². The van der Waals surface area contributed by atoms with Crippen LogP contribution in [0.5, 0.6) is 0 Å². The second-order valence-electron chi connectivity index (χ2n) is 19.2. The molecular weight excluding hydrogens is 833 g/mol. The largest absolute Gasteiger partial charge is 0.378 e. The lowest BCUT2D eigenvalue weighted by Gasteiger charge is -2.45. The molecule has 13 rings (SSSR count).